The quantitative estimate of drug-likeness (QED) is 0.814. The fourth-order valence-electron chi connectivity index (χ4n) is 1.80. The maximum absolute atomic E-state index is 12.0. The minimum Gasteiger partial charge on any atom is -0.481 e. The lowest BCUT2D eigenvalue weighted by Gasteiger charge is -2.20. The highest BCUT2D eigenvalue weighted by Gasteiger charge is 2.18. The summed E-state index contributed by atoms with van der Waals surface area (Å²) in [6.45, 7) is 5.61. The summed E-state index contributed by atoms with van der Waals surface area (Å²) in [6, 6.07) is 5.27. The van der Waals surface area contributed by atoms with Crippen molar-refractivity contribution in [3.63, 3.8) is 0 Å². The van der Waals surface area contributed by atoms with Gasteiger partial charge in [0.2, 0.25) is 0 Å². The monoisotopic (exact) mass is 299 g/mol. The first-order chi connectivity index (χ1) is 9.47. The van der Waals surface area contributed by atoms with Gasteiger partial charge in [0.05, 0.1) is 0 Å². The minimum atomic E-state index is -0.594. The Labute approximate surface area is 125 Å². The zero-order valence-electron chi connectivity index (χ0n) is 12.1. The summed E-state index contributed by atoms with van der Waals surface area (Å²) in [5.41, 5.74) is 0.906. The first kappa shape index (κ1) is 16.8. The van der Waals surface area contributed by atoms with Crippen LogP contribution in [0.2, 0.25) is 5.02 Å². The van der Waals surface area contributed by atoms with Gasteiger partial charge in [0.15, 0.2) is 6.10 Å². The molecule has 0 aliphatic heterocycles. The third-order valence-corrected chi connectivity index (χ3v) is 3.55. The van der Waals surface area contributed by atoms with E-state index in [1.54, 1.807) is 25.1 Å². The Hall–Kier alpha value is -1.26. The fourth-order valence-corrected chi connectivity index (χ4v) is 1.92. The number of hydrogen-bond donors (Lipinski definition) is 2. The number of amides is 1. The number of carbonyl (C=O) groups excluding carboxylic acids is 1. The van der Waals surface area contributed by atoms with E-state index in [0.717, 1.165) is 12.0 Å². The molecule has 0 spiro atoms. The molecular formula is C15H22ClNO3. The smallest absolute Gasteiger partial charge is 0.260 e. The Morgan fingerprint density at radius 1 is 1.50 bits per heavy atom. The summed E-state index contributed by atoms with van der Waals surface area (Å²) in [6.07, 6.45) is 0.733. The van der Waals surface area contributed by atoms with Crippen LogP contribution in [0.25, 0.3) is 0 Å². The van der Waals surface area contributed by atoms with Gasteiger partial charge in [-0.25, -0.2) is 0 Å². The second-order valence-electron chi connectivity index (χ2n) is 4.80. The first-order valence-electron chi connectivity index (χ1n) is 6.82. The normalized spacial score (nSPS) is 13.7. The van der Waals surface area contributed by atoms with Crippen molar-refractivity contribution in [2.24, 2.45) is 0 Å². The van der Waals surface area contributed by atoms with Gasteiger partial charge in [-0.05, 0) is 50.5 Å². The molecule has 5 heteroatoms. The molecule has 1 aromatic carbocycles. The summed E-state index contributed by atoms with van der Waals surface area (Å²) >= 11 is 5.94. The SMILES string of the molecule is CCC(CCO)NC(=O)C(C)Oc1ccc(Cl)c(C)c1. The highest BCUT2D eigenvalue weighted by atomic mass is 35.5. The van der Waals surface area contributed by atoms with E-state index in [1.165, 1.54) is 0 Å². The number of carbonyl (C=O) groups is 1. The number of nitrogens with one attached hydrogen (secondary N) is 1. The van der Waals surface area contributed by atoms with Gasteiger partial charge < -0.3 is 15.2 Å². The van der Waals surface area contributed by atoms with E-state index >= 15 is 0 Å². The maximum atomic E-state index is 12.0. The van der Waals surface area contributed by atoms with E-state index in [9.17, 15) is 4.79 Å². The van der Waals surface area contributed by atoms with Gasteiger partial charge in [-0.15, -0.1) is 0 Å². The summed E-state index contributed by atoms with van der Waals surface area (Å²) in [5, 5.41) is 12.4. The number of hydrogen-bond acceptors (Lipinski definition) is 3. The molecule has 2 unspecified atom stereocenters. The van der Waals surface area contributed by atoms with E-state index in [2.05, 4.69) is 5.32 Å². The van der Waals surface area contributed by atoms with Crippen molar-refractivity contribution < 1.29 is 14.6 Å². The Balaban J connectivity index is 2.58. The van der Waals surface area contributed by atoms with Crippen molar-refractivity contribution in [3.8, 4) is 5.75 Å². The second kappa shape index (κ2) is 8.12. The fraction of sp³-hybridized carbons (Fsp3) is 0.533. The van der Waals surface area contributed by atoms with Crippen LogP contribution < -0.4 is 10.1 Å². The molecule has 112 valence electrons. The number of rotatable bonds is 7. The predicted molar refractivity (Wildman–Crippen MR) is 80.2 cm³/mol. The molecule has 0 radical (unpaired) electrons. The molecular weight excluding hydrogens is 278 g/mol. The molecule has 0 aromatic heterocycles. The lowest BCUT2D eigenvalue weighted by Crippen LogP contribution is -2.42. The maximum Gasteiger partial charge on any atom is 0.260 e. The topological polar surface area (TPSA) is 58.6 Å². The summed E-state index contributed by atoms with van der Waals surface area (Å²) in [4.78, 5) is 12.0. The molecule has 0 fully saturated rings. The Kier molecular flexibility index (Phi) is 6.82. The van der Waals surface area contributed by atoms with E-state index in [4.69, 9.17) is 21.4 Å². The average molecular weight is 300 g/mol. The molecule has 1 aromatic rings. The van der Waals surface area contributed by atoms with Crippen LogP contribution in [0.15, 0.2) is 18.2 Å². The van der Waals surface area contributed by atoms with Gasteiger partial charge in [0.1, 0.15) is 5.75 Å². The molecule has 1 amide bonds. The molecule has 0 saturated carbocycles. The molecule has 1 rings (SSSR count). The molecule has 2 atom stereocenters. The van der Waals surface area contributed by atoms with Crippen LogP contribution >= 0.6 is 11.6 Å². The Morgan fingerprint density at radius 2 is 2.20 bits per heavy atom. The van der Waals surface area contributed by atoms with Crippen LogP contribution in [-0.4, -0.2) is 29.8 Å². The molecule has 0 aliphatic carbocycles. The van der Waals surface area contributed by atoms with E-state index in [0.29, 0.717) is 17.2 Å². The lowest BCUT2D eigenvalue weighted by atomic mass is 10.1. The molecule has 0 saturated heterocycles. The molecule has 0 heterocycles. The Morgan fingerprint density at radius 3 is 2.75 bits per heavy atom. The second-order valence-corrected chi connectivity index (χ2v) is 5.20. The van der Waals surface area contributed by atoms with Crippen molar-refractivity contribution in [2.45, 2.75) is 45.8 Å². The van der Waals surface area contributed by atoms with E-state index < -0.39 is 6.10 Å². The van der Waals surface area contributed by atoms with E-state index in [-0.39, 0.29) is 18.6 Å². The van der Waals surface area contributed by atoms with Crippen molar-refractivity contribution in [3.05, 3.63) is 28.8 Å². The third-order valence-electron chi connectivity index (χ3n) is 3.13. The van der Waals surface area contributed by atoms with Crippen molar-refractivity contribution in [1.82, 2.24) is 5.32 Å². The summed E-state index contributed by atoms with van der Waals surface area (Å²) in [7, 11) is 0. The molecule has 0 bridgehead atoms. The summed E-state index contributed by atoms with van der Waals surface area (Å²) < 4.78 is 5.60. The van der Waals surface area contributed by atoms with Gasteiger partial charge in [0.25, 0.3) is 5.91 Å². The van der Waals surface area contributed by atoms with E-state index in [1.807, 2.05) is 13.8 Å². The van der Waals surface area contributed by atoms with Crippen LogP contribution in [0.1, 0.15) is 32.3 Å². The zero-order chi connectivity index (χ0) is 15.1. The largest absolute Gasteiger partial charge is 0.481 e. The number of aryl methyl sites for hydroxylation is 1. The highest BCUT2D eigenvalue weighted by molar-refractivity contribution is 6.31. The minimum absolute atomic E-state index is 0.0227. The molecule has 2 N–H and O–H groups in total. The van der Waals surface area contributed by atoms with Crippen molar-refractivity contribution in [1.29, 1.82) is 0 Å². The van der Waals surface area contributed by atoms with Gasteiger partial charge in [0, 0.05) is 17.7 Å². The molecule has 20 heavy (non-hydrogen) atoms. The summed E-state index contributed by atoms with van der Waals surface area (Å²) in [5.74, 6) is 0.433. The molecule has 0 aliphatic rings. The van der Waals surface area contributed by atoms with Gasteiger partial charge >= 0.3 is 0 Å². The van der Waals surface area contributed by atoms with Crippen molar-refractivity contribution >= 4 is 17.5 Å². The predicted octanol–water partition coefficient (Wildman–Crippen LogP) is 2.69. The number of aliphatic hydroxyl groups is 1. The van der Waals surface area contributed by atoms with Gasteiger partial charge in [-0.1, -0.05) is 18.5 Å². The first-order valence-corrected chi connectivity index (χ1v) is 7.19. The van der Waals surface area contributed by atoms with Crippen LogP contribution in [0.5, 0.6) is 5.75 Å². The van der Waals surface area contributed by atoms with Crippen LogP contribution in [0.4, 0.5) is 0 Å². The number of benzene rings is 1. The Bertz CT molecular complexity index is 451. The standard InChI is InChI=1S/C15H22ClNO3/c1-4-12(7-8-18)17-15(19)11(3)20-13-5-6-14(16)10(2)9-13/h5-6,9,11-12,18H,4,7-8H2,1-3H3,(H,17,19). The van der Waals surface area contributed by atoms with Crippen LogP contribution in [0, 0.1) is 6.92 Å². The lowest BCUT2D eigenvalue weighted by molar-refractivity contribution is -0.128. The number of halogens is 1. The van der Waals surface area contributed by atoms with Crippen LogP contribution in [0.3, 0.4) is 0 Å². The van der Waals surface area contributed by atoms with Gasteiger partial charge in [-0.2, -0.15) is 0 Å². The number of aliphatic hydroxyl groups excluding tert-OH is 1. The highest BCUT2D eigenvalue weighted by Crippen LogP contribution is 2.21. The third kappa shape index (κ3) is 5.02. The van der Waals surface area contributed by atoms with Crippen LogP contribution in [-0.2, 0) is 4.79 Å². The van der Waals surface area contributed by atoms with Crippen molar-refractivity contribution in [2.75, 3.05) is 6.61 Å². The average Bonchev–Trinajstić information content (AvgIpc) is 2.42. The van der Waals surface area contributed by atoms with Gasteiger partial charge in [-0.3, -0.25) is 4.79 Å². The zero-order valence-corrected chi connectivity index (χ0v) is 12.9. The number of ether oxygens (including phenoxy) is 1. The molecule has 4 nitrogen and oxygen atoms in total.